The molecule has 0 aliphatic heterocycles. The van der Waals surface area contributed by atoms with Crippen LogP contribution in [0.15, 0.2) is 0 Å². The molecule has 0 atom stereocenters. The molecule has 1 saturated carbocycles. The van der Waals surface area contributed by atoms with Crippen molar-refractivity contribution in [1.82, 2.24) is 5.32 Å². The summed E-state index contributed by atoms with van der Waals surface area (Å²) in [5, 5.41) is 3.07. The molecule has 0 aromatic rings. The molecule has 0 unspecified atom stereocenters. The highest BCUT2D eigenvalue weighted by atomic mass is 16.2. The summed E-state index contributed by atoms with van der Waals surface area (Å²) in [6.07, 6.45) is 11.1. The number of carbonyl (C=O) groups excluding carboxylic acids is 2. The summed E-state index contributed by atoms with van der Waals surface area (Å²) < 4.78 is 0. The van der Waals surface area contributed by atoms with Gasteiger partial charge in [-0.25, -0.2) is 0 Å². The highest BCUT2D eigenvalue weighted by molar-refractivity contribution is 5.85. The van der Waals surface area contributed by atoms with Gasteiger partial charge in [0.15, 0.2) is 0 Å². The first-order valence-corrected chi connectivity index (χ1v) is 8.44. The summed E-state index contributed by atoms with van der Waals surface area (Å²) in [6.45, 7) is 4.97. The number of carbonyl (C=O) groups is 2. The van der Waals surface area contributed by atoms with Crippen molar-refractivity contribution in [3.05, 3.63) is 0 Å². The van der Waals surface area contributed by atoms with Crippen LogP contribution in [0.4, 0.5) is 0 Å². The van der Waals surface area contributed by atoms with E-state index in [4.69, 9.17) is 0 Å². The van der Waals surface area contributed by atoms with Crippen LogP contribution in [0.25, 0.3) is 0 Å². The molecule has 3 nitrogen and oxygen atoms in total. The second-order valence-electron chi connectivity index (χ2n) is 6.20. The van der Waals surface area contributed by atoms with E-state index < -0.39 is 0 Å². The lowest BCUT2D eigenvalue weighted by Crippen LogP contribution is -2.32. The molecular formula is C17H31NO2. The smallest absolute Gasteiger partial charge is 0.226 e. The highest BCUT2D eigenvalue weighted by Crippen LogP contribution is 2.48. The summed E-state index contributed by atoms with van der Waals surface area (Å²) in [7, 11) is 0. The number of hydrogen-bond donors (Lipinski definition) is 1. The quantitative estimate of drug-likeness (QED) is 0.549. The molecule has 0 heterocycles. The van der Waals surface area contributed by atoms with Crippen molar-refractivity contribution < 1.29 is 9.59 Å². The van der Waals surface area contributed by atoms with Crippen LogP contribution in [0.1, 0.15) is 84.5 Å². The number of rotatable bonds is 12. The Kier molecular flexibility index (Phi) is 7.86. The Balaban J connectivity index is 1.88. The third-order valence-electron chi connectivity index (χ3n) is 4.46. The molecule has 0 aromatic heterocycles. The summed E-state index contributed by atoms with van der Waals surface area (Å²) in [5.74, 6) is 0.680. The van der Waals surface area contributed by atoms with E-state index in [2.05, 4.69) is 19.2 Å². The highest BCUT2D eigenvalue weighted by Gasteiger charge is 2.47. The van der Waals surface area contributed by atoms with E-state index in [0.29, 0.717) is 5.78 Å². The maximum atomic E-state index is 11.9. The molecule has 1 aliphatic carbocycles. The molecule has 1 N–H and O–H groups in total. The van der Waals surface area contributed by atoms with Gasteiger partial charge in [0.05, 0.1) is 0 Å². The van der Waals surface area contributed by atoms with Gasteiger partial charge in [0.1, 0.15) is 5.78 Å². The fraction of sp³-hybridized carbons (Fsp3) is 0.882. The number of nitrogens with one attached hydrogen (secondary N) is 1. The van der Waals surface area contributed by atoms with Gasteiger partial charge in [-0.2, -0.15) is 0 Å². The number of hydrogen-bond acceptors (Lipinski definition) is 2. The molecular weight excluding hydrogens is 250 g/mol. The molecule has 116 valence electrons. The molecule has 1 amide bonds. The topological polar surface area (TPSA) is 46.2 Å². The first kappa shape index (κ1) is 17.2. The Morgan fingerprint density at radius 2 is 1.60 bits per heavy atom. The van der Waals surface area contributed by atoms with Crippen LogP contribution in [0.2, 0.25) is 0 Å². The lowest BCUT2D eigenvalue weighted by Gasteiger charge is -2.12. The predicted octanol–water partition coefficient (Wildman–Crippen LogP) is 4.00. The largest absolute Gasteiger partial charge is 0.356 e. The van der Waals surface area contributed by atoms with Gasteiger partial charge in [-0.05, 0) is 38.5 Å². The van der Waals surface area contributed by atoms with Crippen molar-refractivity contribution in [3.8, 4) is 0 Å². The molecule has 0 spiro atoms. The van der Waals surface area contributed by atoms with Crippen LogP contribution in [0, 0.1) is 5.41 Å². The van der Waals surface area contributed by atoms with Crippen molar-refractivity contribution in [3.63, 3.8) is 0 Å². The van der Waals surface area contributed by atoms with Gasteiger partial charge in [-0.3, -0.25) is 9.59 Å². The lowest BCUT2D eigenvalue weighted by molar-refractivity contribution is -0.126. The normalized spacial score (nSPS) is 15.9. The lowest BCUT2D eigenvalue weighted by atomic mass is 10.0. The van der Waals surface area contributed by atoms with Crippen LogP contribution in [-0.4, -0.2) is 18.2 Å². The molecule has 1 fully saturated rings. The van der Waals surface area contributed by atoms with Crippen molar-refractivity contribution in [2.24, 2.45) is 5.41 Å². The van der Waals surface area contributed by atoms with Crippen LogP contribution >= 0.6 is 0 Å². The van der Waals surface area contributed by atoms with E-state index in [-0.39, 0.29) is 11.3 Å². The van der Waals surface area contributed by atoms with Gasteiger partial charge in [0, 0.05) is 24.8 Å². The fourth-order valence-electron chi connectivity index (χ4n) is 2.66. The summed E-state index contributed by atoms with van der Waals surface area (Å²) in [4.78, 5) is 23.2. The molecule has 1 aliphatic rings. The van der Waals surface area contributed by atoms with Crippen molar-refractivity contribution >= 4 is 11.7 Å². The molecule has 20 heavy (non-hydrogen) atoms. The minimum Gasteiger partial charge on any atom is -0.356 e. The fourth-order valence-corrected chi connectivity index (χ4v) is 2.66. The van der Waals surface area contributed by atoms with Crippen molar-refractivity contribution in [2.75, 3.05) is 6.54 Å². The van der Waals surface area contributed by atoms with Crippen LogP contribution in [-0.2, 0) is 9.59 Å². The second kappa shape index (κ2) is 9.15. The zero-order valence-electron chi connectivity index (χ0n) is 13.3. The number of ketones is 1. The minimum atomic E-state index is -0.000358. The Hall–Kier alpha value is -0.860. The van der Waals surface area contributed by atoms with Crippen LogP contribution < -0.4 is 5.32 Å². The minimum absolute atomic E-state index is 0.000358. The maximum absolute atomic E-state index is 11.9. The first-order valence-electron chi connectivity index (χ1n) is 8.44. The third kappa shape index (κ3) is 6.06. The monoisotopic (exact) mass is 281 g/mol. The molecule has 0 radical (unpaired) electrons. The van der Waals surface area contributed by atoms with Crippen molar-refractivity contribution in [2.45, 2.75) is 84.5 Å². The van der Waals surface area contributed by atoms with Crippen molar-refractivity contribution in [1.29, 1.82) is 0 Å². The van der Waals surface area contributed by atoms with Crippen LogP contribution in [0.3, 0.4) is 0 Å². The van der Waals surface area contributed by atoms with E-state index in [9.17, 15) is 9.59 Å². The first-order chi connectivity index (χ1) is 9.64. The molecule has 1 rings (SSSR count). The van der Waals surface area contributed by atoms with E-state index in [1.807, 2.05) is 0 Å². The molecule has 0 bridgehead atoms. The van der Waals surface area contributed by atoms with Gasteiger partial charge >= 0.3 is 0 Å². The van der Waals surface area contributed by atoms with Gasteiger partial charge < -0.3 is 5.32 Å². The van der Waals surface area contributed by atoms with E-state index >= 15 is 0 Å². The Bertz CT molecular complexity index is 308. The standard InChI is InChI=1S/C17H31NO2/c1-3-10-15(19)11-8-6-5-7-9-14-18-16(20)17(4-2)12-13-17/h3-14H2,1-2H3,(H,18,20). The molecule has 3 heteroatoms. The Labute approximate surface area is 123 Å². The van der Waals surface area contributed by atoms with Gasteiger partial charge in [0.25, 0.3) is 0 Å². The average Bonchev–Trinajstić information content (AvgIpc) is 3.23. The van der Waals surface area contributed by atoms with E-state index in [1.54, 1.807) is 0 Å². The van der Waals surface area contributed by atoms with Gasteiger partial charge in [-0.1, -0.05) is 33.1 Å². The number of amides is 1. The summed E-state index contributed by atoms with van der Waals surface area (Å²) >= 11 is 0. The average molecular weight is 281 g/mol. The summed E-state index contributed by atoms with van der Waals surface area (Å²) in [6, 6.07) is 0. The molecule has 0 aromatic carbocycles. The van der Waals surface area contributed by atoms with Gasteiger partial charge in [-0.15, -0.1) is 0 Å². The van der Waals surface area contributed by atoms with E-state index in [0.717, 1.165) is 70.8 Å². The van der Waals surface area contributed by atoms with Crippen LogP contribution in [0.5, 0.6) is 0 Å². The summed E-state index contributed by atoms with van der Waals surface area (Å²) in [5.41, 5.74) is -0.000358. The third-order valence-corrected chi connectivity index (χ3v) is 4.46. The zero-order valence-corrected chi connectivity index (χ0v) is 13.3. The Morgan fingerprint density at radius 1 is 0.950 bits per heavy atom. The zero-order chi connectivity index (χ0) is 14.8. The van der Waals surface area contributed by atoms with E-state index in [1.165, 1.54) is 6.42 Å². The van der Waals surface area contributed by atoms with Gasteiger partial charge in [0.2, 0.25) is 5.91 Å². The number of unbranched alkanes of at least 4 members (excludes halogenated alkanes) is 4. The molecule has 0 saturated heterocycles. The maximum Gasteiger partial charge on any atom is 0.226 e. The Morgan fingerprint density at radius 3 is 2.20 bits per heavy atom. The second-order valence-corrected chi connectivity index (χ2v) is 6.20. The SMILES string of the molecule is CCCC(=O)CCCCCCCNC(=O)C1(CC)CC1. The number of Topliss-reactive ketones (excluding diaryl/α,β-unsaturated/α-hetero) is 1. The predicted molar refractivity (Wildman–Crippen MR) is 82.6 cm³/mol.